The monoisotopic (exact) mass is 184 g/mol. The molecule has 3 fully saturated rings. The summed E-state index contributed by atoms with van der Waals surface area (Å²) in [6.45, 7) is 2.68. The second-order valence-electron chi connectivity index (χ2n) is 4.51. The van der Waals surface area contributed by atoms with E-state index < -0.39 is 0 Å². The number of ether oxygens (including phenoxy) is 2. The SMILES string of the molecule is COC(=O)C12CCC(C)(CC1)OC2. The van der Waals surface area contributed by atoms with Crippen molar-refractivity contribution >= 4 is 5.97 Å². The first-order valence-electron chi connectivity index (χ1n) is 4.83. The molecular formula is C10H16O3. The minimum absolute atomic E-state index is 0.0375. The molecule has 2 heterocycles. The minimum Gasteiger partial charge on any atom is -0.469 e. The smallest absolute Gasteiger partial charge is 0.314 e. The van der Waals surface area contributed by atoms with Crippen molar-refractivity contribution in [2.24, 2.45) is 5.41 Å². The number of esters is 1. The number of fused-ring (bicyclic) bond motifs is 3. The predicted molar refractivity (Wildman–Crippen MR) is 47.3 cm³/mol. The third-order valence-electron chi connectivity index (χ3n) is 3.58. The summed E-state index contributed by atoms with van der Waals surface area (Å²) >= 11 is 0. The molecule has 1 saturated carbocycles. The fraction of sp³-hybridized carbons (Fsp3) is 0.900. The van der Waals surface area contributed by atoms with E-state index in [2.05, 4.69) is 6.92 Å². The van der Waals surface area contributed by atoms with Crippen molar-refractivity contribution < 1.29 is 14.3 Å². The Balaban J connectivity index is 2.15. The standard InChI is InChI=1S/C10H16O3/c1-9-3-5-10(6-4-9,7-13-9)8(11)12-2/h3-7H2,1-2H3. The summed E-state index contributed by atoms with van der Waals surface area (Å²) < 4.78 is 10.5. The summed E-state index contributed by atoms with van der Waals surface area (Å²) in [6, 6.07) is 0. The highest BCUT2D eigenvalue weighted by Crippen LogP contribution is 2.49. The Morgan fingerprint density at radius 3 is 2.31 bits per heavy atom. The lowest BCUT2D eigenvalue weighted by molar-refractivity contribution is -0.198. The molecule has 3 nitrogen and oxygen atoms in total. The van der Waals surface area contributed by atoms with Crippen LogP contribution in [0.1, 0.15) is 32.6 Å². The third-order valence-corrected chi connectivity index (χ3v) is 3.58. The van der Waals surface area contributed by atoms with Crippen LogP contribution in [0, 0.1) is 5.41 Å². The van der Waals surface area contributed by atoms with Crippen molar-refractivity contribution in [2.45, 2.75) is 38.2 Å². The van der Waals surface area contributed by atoms with Gasteiger partial charge in [0.1, 0.15) is 0 Å². The zero-order chi connectivity index (χ0) is 9.53. The molecule has 2 bridgehead atoms. The lowest BCUT2D eigenvalue weighted by Gasteiger charge is -2.49. The fourth-order valence-corrected chi connectivity index (χ4v) is 2.34. The molecule has 0 atom stereocenters. The summed E-state index contributed by atoms with van der Waals surface area (Å²) in [4.78, 5) is 11.5. The molecule has 0 aromatic rings. The molecule has 13 heavy (non-hydrogen) atoms. The van der Waals surface area contributed by atoms with E-state index in [9.17, 15) is 4.79 Å². The van der Waals surface area contributed by atoms with E-state index in [0.717, 1.165) is 25.7 Å². The molecule has 0 N–H and O–H groups in total. The van der Waals surface area contributed by atoms with E-state index in [1.807, 2.05) is 0 Å². The Bertz CT molecular complexity index is 210. The van der Waals surface area contributed by atoms with Crippen LogP contribution in [0.3, 0.4) is 0 Å². The van der Waals surface area contributed by atoms with E-state index >= 15 is 0 Å². The van der Waals surface area contributed by atoms with Crippen molar-refractivity contribution in [1.82, 2.24) is 0 Å². The van der Waals surface area contributed by atoms with Gasteiger partial charge in [-0.1, -0.05) is 0 Å². The maximum atomic E-state index is 11.5. The number of carbonyl (C=O) groups is 1. The Morgan fingerprint density at radius 1 is 1.31 bits per heavy atom. The molecule has 0 unspecified atom stereocenters. The van der Waals surface area contributed by atoms with Crippen molar-refractivity contribution in [2.75, 3.05) is 13.7 Å². The molecule has 0 aromatic carbocycles. The first-order valence-corrected chi connectivity index (χ1v) is 4.83. The van der Waals surface area contributed by atoms with Gasteiger partial charge >= 0.3 is 5.97 Å². The van der Waals surface area contributed by atoms with Crippen LogP contribution in [-0.2, 0) is 14.3 Å². The van der Waals surface area contributed by atoms with Crippen LogP contribution in [-0.4, -0.2) is 25.3 Å². The second-order valence-corrected chi connectivity index (χ2v) is 4.51. The average Bonchev–Trinajstić information content (AvgIpc) is 2.18. The molecular weight excluding hydrogens is 168 g/mol. The van der Waals surface area contributed by atoms with Gasteiger partial charge in [-0.3, -0.25) is 4.79 Å². The normalized spacial score (nSPS) is 43.2. The average molecular weight is 184 g/mol. The zero-order valence-electron chi connectivity index (χ0n) is 8.26. The summed E-state index contributed by atoms with van der Waals surface area (Å²) in [7, 11) is 1.46. The molecule has 0 aromatic heterocycles. The largest absolute Gasteiger partial charge is 0.469 e. The number of hydrogen-bond donors (Lipinski definition) is 0. The lowest BCUT2D eigenvalue weighted by atomic mass is 9.66. The van der Waals surface area contributed by atoms with Crippen molar-refractivity contribution in [3.05, 3.63) is 0 Å². The summed E-state index contributed by atoms with van der Waals surface area (Å²) in [6.07, 6.45) is 3.83. The lowest BCUT2D eigenvalue weighted by Crippen LogP contribution is -2.53. The maximum Gasteiger partial charge on any atom is 0.314 e. The van der Waals surface area contributed by atoms with E-state index in [-0.39, 0.29) is 17.0 Å². The molecule has 2 saturated heterocycles. The molecule has 1 aliphatic carbocycles. The summed E-state index contributed by atoms with van der Waals surface area (Å²) in [5, 5.41) is 0. The van der Waals surface area contributed by atoms with Gasteiger partial charge in [0, 0.05) is 0 Å². The Hall–Kier alpha value is -0.570. The first kappa shape index (κ1) is 9.00. The first-order chi connectivity index (χ1) is 6.10. The molecule has 3 rings (SSSR count). The van der Waals surface area contributed by atoms with E-state index in [0.29, 0.717) is 6.61 Å². The highest BCUT2D eigenvalue weighted by atomic mass is 16.5. The van der Waals surface area contributed by atoms with Crippen molar-refractivity contribution in [1.29, 1.82) is 0 Å². The van der Waals surface area contributed by atoms with E-state index in [1.165, 1.54) is 7.11 Å². The van der Waals surface area contributed by atoms with Gasteiger partial charge in [0.05, 0.1) is 24.7 Å². The summed E-state index contributed by atoms with van der Waals surface area (Å²) in [5.74, 6) is -0.0887. The Labute approximate surface area is 78.4 Å². The highest BCUT2D eigenvalue weighted by Gasteiger charge is 2.52. The second kappa shape index (κ2) is 2.71. The van der Waals surface area contributed by atoms with Crippen molar-refractivity contribution in [3.63, 3.8) is 0 Å². The number of hydrogen-bond acceptors (Lipinski definition) is 3. The van der Waals surface area contributed by atoms with Gasteiger partial charge in [0.2, 0.25) is 0 Å². The number of carbonyl (C=O) groups excluding carboxylic acids is 1. The van der Waals surface area contributed by atoms with Crippen LogP contribution < -0.4 is 0 Å². The molecule has 3 aliphatic rings. The minimum atomic E-state index is -0.313. The van der Waals surface area contributed by atoms with Gasteiger partial charge in [-0.2, -0.15) is 0 Å². The molecule has 74 valence electrons. The van der Waals surface area contributed by atoms with Crippen LogP contribution in [0.4, 0.5) is 0 Å². The van der Waals surface area contributed by atoms with Crippen molar-refractivity contribution in [3.8, 4) is 0 Å². The molecule has 0 radical (unpaired) electrons. The van der Waals surface area contributed by atoms with Gasteiger partial charge < -0.3 is 9.47 Å². The highest BCUT2D eigenvalue weighted by molar-refractivity contribution is 5.77. The number of methoxy groups -OCH3 is 1. The Kier molecular flexibility index (Phi) is 1.88. The van der Waals surface area contributed by atoms with E-state index in [1.54, 1.807) is 0 Å². The Morgan fingerprint density at radius 2 is 1.92 bits per heavy atom. The van der Waals surface area contributed by atoms with E-state index in [4.69, 9.17) is 9.47 Å². The quantitative estimate of drug-likeness (QED) is 0.579. The molecule has 2 aliphatic heterocycles. The molecule has 3 heteroatoms. The topological polar surface area (TPSA) is 35.5 Å². The van der Waals surface area contributed by atoms with Crippen LogP contribution in [0.5, 0.6) is 0 Å². The zero-order valence-corrected chi connectivity index (χ0v) is 8.26. The third kappa shape index (κ3) is 1.26. The van der Waals surface area contributed by atoms with Crippen LogP contribution in [0.15, 0.2) is 0 Å². The number of rotatable bonds is 1. The van der Waals surface area contributed by atoms with Gasteiger partial charge in [0.25, 0.3) is 0 Å². The summed E-state index contributed by atoms with van der Waals surface area (Å²) in [5.41, 5.74) is -0.276. The molecule has 0 spiro atoms. The van der Waals surface area contributed by atoms with Crippen LogP contribution in [0.25, 0.3) is 0 Å². The maximum absolute atomic E-state index is 11.5. The predicted octanol–water partition coefficient (Wildman–Crippen LogP) is 1.51. The van der Waals surface area contributed by atoms with Crippen LogP contribution in [0.2, 0.25) is 0 Å². The van der Waals surface area contributed by atoms with Crippen LogP contribution >= 0.6 is 0 Å². The van der Waals surface area contributed by atoms with Gasteiger partial charge in [-0.25, -0.2) is 0 Å². The van der Waals surface area contributed by atoms with Gasteiger partial charge in [-0.05, 0) is 32.6 Å². The van der Waals surface area contributed by atoms with Gasteiger partial charge in [-0.15, -0.1) is 0 Å². The molecule has 0 amide bonds. The fourth-order valence-electron chi connectivity index (χ4n) is 2.34. The van der Waals surface area contributed by atoms with Gasteiger partial charge in [0.15, 0.2) is 0 Å².